The van der Waals surface area contributed by atoms with E-state index in [-0.39, 0.29) is 17.4 Å². The van der Waals surface area contributed by atoms with E-state index < -0.39 is 0 Å². The summed E-state index contributed by atoms with van der Waals surface area (Å²) in [5.41, 5.74) is 5.26. The van der Waals surface area contributed by atoms with Gasteiger partial charge in [0.05, 0.1) is 0 Å². The zero-order valence-electron chi connectivity index (χ0n) is 16.3. The Labute approximate surface area is 164 Å². The van der Waals surface area contributed by atoms with Crippen molar-refractivity contribution in [3.8, 4) is 0 Å². The number of Topliss-reactive ketones (excluding diaryl/α,β-unsaturated/α-hetero) is 1. The van der Waals surface area contributed by atoms with Gasteiger partial charge in [0, 0.05) is 22.6 Å². The summed E-state index contributed by atoms with van der Waals surface area (Å²) in [7, 11) is 0. The molecule has 0 bridgehead atoms. The second-order valence-electron chi connectivity index (χ2n) is 6.75. The normalized spacial score (nSPS) is 10.4. The number of aryl methyl sites for hydroxylation is 3. The first kappa shape index (κ1) is 19.2. The molecule has 0 saturated carbocycles. The van der Waals surface area contributed by atoms with Gasteiger partial charge in [0.1, 0.15) is 5.69 Å². The summed E-state index contributed by atoms with van der Waals surface area (Å²) in [4.78, 5) is 32.7. The average molecular weight is 374 g/mol. The van der Waals surface area contributed by atoms with Gasteiger partial charge in [0.15, 0.2) is 5.78 Å². The van der Waals surface area contributed by atoms with Crippen molar-refractivity contribution in [2.45, 2.75) is 27.7 Å². The van der Waals surface area contributed by atoms with Gasteiger partial charge in [-0.15, -0.1) is 0 Å². The number of carbonyl (C=O) groups is 2. The van der Waals surface area contributed by atoms with Gasteiger partial charge in [-0.05, 0) is 69.7 Å². The number of ketones is 1. The minimum atomic E-state index is -0.343. The van der Waals surface area contributed by atoms with E-state index in [1.807, 2.05) is 32.9 Å². The second kappa shape index (κ2) is 8.00. The van der Waals surface area contributed by atoms with E-state index in [0.29, 0.717) is 22.9 Å². The molecule has 0 aliphatic heterocycles. The number of carbonyl (C=O) groups excluding carboxylic acids is 2. The molecule has 2 aromatic carbocycles. The predicted octanol–water partition coefficient (Wildman–Crippen LogP) is 4.60. The number of nitrogens with zero attached hydrogens (tertiary/aromatic N) is 2. The highest BCUT2D eigenvalue weighted by Gasteiger charge is 2.12. The van der Waals surface area contributed by atoms with Crippen LogP contribution in [-0.4, -0.2) is 21.7 Å². The minimum absolute atomic E-state index is 0.0218. The van der Waals surface area contributed by atoms with Crippen LogP contribution < -0.4 is 10.6 Å². The van der Waals surface area contributed by atoms with Crippen LogP contribution in [0.3, 0.4) is 0 Å². The third kappa shape index (κ3) is 4.59. The van der Waals surface area contributed by atoms with Crippen LogP contribution in [0.1, 0.15) is 44.6 Å². The predicted molar refractivity (Wildman–Crippen MR) is 110 cm³/mol. The maximum Gasteiger partial charge on any atom is 0.274 e. The Bertz CT molecular complexity index is 1040. The van der Waals surface area contributed by atoms with Crippen molar-refractivity contribution in [1.82, 2.24) is 9.97 Å². The first-order chi connectivity index (χ1) is 13.3. The molecule has 28 heavy (non-hydrogen) atoms. The Balaban J connectivity index is 1.80. The number of rotatable bonds is 5. The van der Waals surface area contributed by atoms with E-state index in [0.717, 1.165) is 11.3 Å². The highest BCUT2D eigenvalue weighted by atomic mass is 16.2. The van der Waals surface area contributed by atoms with Crippen molar-refractivity contribution < 1.29 is 9.59 Å². The molecule has 3 rings (SSSR count). The largest absolute Gasteiger partial charge is 0.324 e. The molecule has 6 heteroatoms. The standard InChI is InChI=1S/C22H22N4O2/c1-13-5-10-19(14(2)11-13)25-22-23-15(3)12-20(26-22)21(28)24-18-8-6-17(7-9-18)16(4)27/h5-12H,1-4H3,(H,24,28)(H,23,25,26). The quantitative estimate of drug-likeness (QED) is 0.638. The van der Waals surface area contributed by atoms with Crippen LogP contribution in [0.15, 0.2) is 48.5 Å². The molecule has 142 valence electrons. The van der Waals surface area contributed by atoms with Crippen LogP contribution in [0, 0.1) is 20.8 Å². The molecule has 1 amide bonds. The molecule has 0 atom stereocenters. The third-order valence-electron chi connectivity index (χ3n) is 4.26. The molecule has 2 N–H and O–H groups in total. The van der Waals surface area contributed by atoms with E-state index in [4.69, 9.17) is 0 Å². The van der Waals surface area contributed by atoms with Crippen LogP contribution in [-0.2, 0) is 0 Å². The maximum absolute atomic E-state index is 12.6. The first-order valence-corrected chi connectivity index (χ1v) is 8.94. The molecule has 0 fully saturated rings. The summed E-state index contributed by atoms with van der Waals surface area (Å²) in [6.07, 6.45) is 0. The molecule has 6 nitrogen and oxygen atoms in total. The van der Waals surface area contributed by atoms with Crippen molar-refractivity contribution in [3.05, 3.63) is 76.6 Å². The molecule has 0 aliphatic rings. The van der Waals surface area contributed by atoms with E-state index in [9.17, 15) is 9.59 Å². The van der Waals surface area contributed by atoms with Crippen LogP contribution in [0.25, 0.3) is 0 Å². The maximum atomic E-state index is 12.6. The molecular weight excluding hydrogens is 352 g/mol. The lowest BCUT2D eigenvalue weighted by Gasteiger charge is -2.11. The summed E-state index contributed by atoms with van der Waals surface area (Å²) < 4.78 is 0. The number of aromatic nitrogens is 2. The summed E-state index contributed by atoms with van der Waals surface area (Å²) in [5.74, 6) is 0.000186. The lowest BCUT2D eigenvalue weighted by atomic mass is 10.1. The lowest BCUT2D eigenvalue weighted by molar-refractivity contribution is 0.101. The molecule has 3 aromatic rings. The Morgan fingerprint density at radius 1 is 0.893 bits per heavy atom. The van der Waals surface area contributed by atoms with Crippen LogP contribution >= 0.6 is 0 Å². The number of nitrogens with one attached hydrogen (secondary N) is 2. The molecular formula is C22H22N4O2. The van der Waals surface area contributed by atoms with Crippen LogP contribution in [0.4, 0.5) is 17.3 Å². The number of hydrogen-bond donors (Lipinski definition) is 2. The highest BCUT2D eigenvalue weighted by molar-refractivity contribution is 6.03. The number of benzene rings is 2. The van der Waals surface area contributed by atoms with E-state index in [2.05, 4.69) is 26.7 Å². The topological polar surface area (TPSA) is 84.0 Å². The smallest absolute Gasteiger partial charge is 0.274 e. The molecule has 0 saturated heterocycles. The van der Waals surface area contributed by atoms with E-state index >= 15 is 0 Å². The van der Waals surface area contributed by atoms with Gasteiger partial charge >= 0.3 is 0 Å². The Hall–Kier alpha value is -3.54. The molecule has 0 radical (unpaired) electrons. The minimum Gasteiger partial charge on any atom is -0.324 e. The summed E-state index contributed by atoms with van der Waals surface area (Å²) >= 11 is 0. The van der Waals surface area contributed by atoms with Crippen molar-refractivity contribution in [3.63, 3.8) is 0 Å². The second-order valence-corrected chi connectivity index (χ2v) is 6.75. The highest BCUT2D eigenvalue weighted by Crippen LogP contribution is 2.20. The van der Waals surface area contributed by atoms with Gasteiger partial charge in [0.25, 0.3) is 5.91 Å². The third-order valence-corrected chi connectivity index (χ3v) is 4.26. The van der Waals surface area contributed by atoms with Crippen molar-refractivity contribution in [2.24, 2.45) is 0 Å². The molecule has 0 unspecified atom stereocenters. The van der Waals surface area contributed by atoms with Crippen molar-refractivity contribution in [1.29, 1.82) is 0 Å². The van der Waals surface area contributed by atoms with Gasteiger partial charge in [0.2, 0.25) is 5.95 Å². The Morgan fingerprint density at radius 2 is 1.61 bits per heavy atom. The Kier molecular flexibility index (Phi) is 5.49. The van der Waals surface area contributed by atoms with Gasteiger partial charge in [-0.2, -0.15) is 0 Å². The van der Waals surface area contributed by atoms with Gasteiger partial charge in [-0.1, -0.05) is 17.7 Å². The fourth-order valence-electron chi connectivity index (χ4n) is 2.80. The van der Waals surface area contributed by atoms with Gasteiger partial charge < -0.3 is 10.6 Å². The summed E-state index contributed by atoms with van der Waals surface area (Å²) in [6, 6.07) is 14.4. The molecule has 0 aliphatic carbocycles. The SMILES string of the molecule is CC(=O)c1ccc(NC(=O)c2cc(C)nc(Nc3ccc(C)cc3C)n2)cc1. The van der Waals surface area contributed by atoms with Crippen molar-refractivity contribution >= 4 is 29.0 Å². The zero-order chi connectivity index (χ0) is 20.3. The fourth-order valence-corrected chi connectivity index (χ4v) is 2.80. The molecule has 1 aromatic heterocycles. The fraction of sp³-hybridized carbons (Fsp3) is 0.182. The summed E-state index contributed by atoms with van der Waals surface area (Å²) in [5, 5.41) is 5.97. The van der Waals surface area contributed by atoms with Crippen LogP contribution in [0.2, 0.25) is 0 Å². The van der Waals surface area contributed by atoms with E-state index in [1.165, 1.54) is 12.5 Å². The lowest BCUT2D eigenvalue weighted by Crippen LogP contribution is -2.15. The zero-order valence-corrected chi connectivity index (χ0v) is 16.3. The number of anilines is 3. The number of hydrogen-bond acceptors (Lipinski definition) is 5. The molecule has 0 spiro atoms. The summed E-state index contributed by atoms with van der Waals surface area (Å²) in [6.45, 7) is 7.35. The number of amides is 1. The molecule has 1 heterocycles. The first-order valence-electron chi connectivity index (χ1n) is 8.94. The van der Waals surface area contributed by atoms with Crippen molar-refractivity contribution in [2.75, 3.05) is 10.6 Å². The van der Waals surface area contributed by atoms with Gasteiger partial charge in [-0.3, -0.25) is 9.59 Å². The monoisotopic (exact) mass is 374 g/mol. The van der Waals surface area contributed by atoms with E-state index in [1.54, 1.807) is 30.3 Å². The van der Waals surface area contributed by atoms with Gasteiger partial charge in [-0.25, -0.2) is 9.97 Å². The average Bonchev–Trinajstić information content (AvgIpc) is 2.64. The van der Waals surface area contributed by atoms with Crippen LogP contribution in [0.5, 0.6) is 0 Å². The Morgan fingerprint density at radius 3 is 2.25 bits per heavy atom.